The van der Waals surface area contributed by atoms with Crippen LogP contribution in [0.2, 0.25) is 0 Å². The first-order chi connectivity index (χ1) is 18.6. The van der Waals surface area contributed by atoms with Gasteiger partial charge < -0.3 is 25.1 Å². The summed E-state index contributed by atoms with van der Waals surface area (Å²) in [5.74, 6) is -0.752. The van der Waals surface area contributed by atoms with E-state index in [1.54, 1.807) is 24.3 Å². The van der Waals surface area contributed by atoms with Gasteiger partial charge >= 0.3 is 18.0 Å². The lowest BCUT2D eigenvalue weighted by Crippen LogP contribution is -2.41. The summed E-state index contributed by atoms with van der Waals surface area (Å²) in [7, 11) is 0. The standard InChI is InChI=1S/C26H21F3N4O6/c27-26(28,29)21-14-18(7-10-22(21)33(36)37)32-17-5-8-19(9-6-17)38-12-11-30-24(34)25(35)31-15-20-13-16-3-1-2-4-23(16)39-20/h1-10,13-14,32H,11-12,15H2,(H,30,34)(H,31,35). The molecule has 1 heterocycles. The molecule has 13 heteroatoms. The molecule has 0 saturated heterocycles. The van der Waals surface area contributed by atoms with Crippen LogP contribution in [0.5, 0.6) is 5.75 Å². The Kier molecular flexibility index (Phi) is 7.98. The maximum Gasteiger partial charge on any atom is 0.423 e. The van der Waals surface area contributed by atoms with Crippen molar-refractivity contribution in [2.75, 3.05) is 18.5 Å². The van der Waals surface area contributed by atoms with Gasteiger partial charge in [-0.25, -0.2) is 0 Å². The minimum atomic E-state index is -4.89. The third-order valence-electron chi connectivity index (χ3n) is 5.40. The third-order valence-corrected chi connectivity index (χ3v) is 5.40. The molecule has 2 amide bonds. The molecule has 3 N–H and O–H groups in total. The Morgan fingerprint density at radius 1 is 0.923 bits per heavy atom. The molecule has 0 aliphatic carbocycles. The number of nitrogens with one attached hydrogen (secondary N) is 3. The zero-order valence-electron chi connectivity index (χ0n) is 20.1. The summed E-state index contributed by atoms with van der Waals surface area (Å²) in [6.07, 6.45) is -4.89. The lowest BCUT2D eigenvalue weighted by Gasteiger charge is -2.12. The number of rotatable bonds is 9. The highest BCUT2D eigenvalue weighted by Gasteiger charge is 2.38. The van der Waals surface area contributed by atoms with Gasteiger partial charge in [-0.05, 0) is 48.5 Å². The van der Waals surface area contributed by atoms with Gasteiger partial charge in [-0.3, -0.25) is 19.7 Å². The van der Waals surface area contributed by atoms with Gasteiger partial charge in [0.1, 0.15) is 29.3 Å². The molecule has 0 atom stereocenters. The monoisotopic (exact) mass is 542 g/mol. The van der Waals surface area contributed by atoms with Gasteiger partial charge in [0, 0.05) is 22.8 Å². The van der Waals surface area contributed by atoms with E-state index in [2.05, 4.69) is 16.0 Å². The third kappa shape index (κ3) is 7.03. The summed E-state index contributed by atoms with van der Waals surface area (Å²) in [5, 5.41) is 19.4. The lowest BCUT2D eigenvalue weighted by molar-refractivity contribution is -0.388. The number of furan rings is 1. The fourth-order valence-electron chi connectivity index (χ4n) is 3.59. The number of anilines is 2. The van der Waals surface area contributed by atoms with Crippen molar-refractivity contribution in [2.45, 2.75) is 12.7 Å². The van der Waals surface area contributed by atoms with Gasteiger partial charge in [-0.1, -0.05) is 18.2 Å². The molecule has 0 fully saturated rings. The van der Waals surface area contributed by atoms with Crippen LogP contribution >= 0.6 is 0 Å². The maximum atomic E-state index is 13.2. The Bertz CT molecular complexity index is 1470. The smallest absolute Gasteiger partial charge is 0.423 e. The van der Waals surface area contributed by atoms with Crippen molar-refractivity contribution in [2.24, 2.45) is 0 Å². The number of hydrogen-bond acceptors (Lipinski definition) is 7. The Morgan fingerprint density at radius 3 is 2.31 bits per heavy atom. The zero-order valence-corrected chi connectivity index (χ0v) is 20.1. The van der Waals surface area contributed by atoms with Gasteiger partial charge in [0.2, 0.25) is 0 Å². The molecule has 0 aliphatic rings. The van der Waals surface area contributed by atoms with Gasteiger partial charge in [0.05, 0.1) is 18.0 Å². The van der Waals surface area contributed by atoms with Crippen molar-refractivity contribution in [1.82, 2.24) is 10.6 Å². The Hall–Kier alpha value is -5.07. The van der Waals surface area contributed by atoms with E-state index in [9.17, 15) is 32.9 Å². The number of nitro groups is 1. The molecular weight excluding hydrogens is 521 g/mol. The Morgan fingerprint density at radius 2 is 1.62 bits per heavy atom. The molecule has 0 aliphatic heterocycles. The first-order valence-electron chi connectivity index (χ1n) is 11.5. The van der Waals surface area contributed by atoms with Crippen molar-refractivity contribution in [3.05, 3.63) is 94.2 Å². The van der Waals surface area contributed by atoms with E-state index < -0.39 is 34.2 Å². The van der Waals surface area contributed by atoms with E-state index in [-0.39, 0.29) is 25.4 Å². The highest BCUT2D eigenvalue weighted by atomic mass is 19.4. The number of hydrogen-bond donors (Lipinski definition) is 3. The molecule has 4 aromatic rings. The van der Waals surface area contributed by atoms with Gasteiger partial charge in [-0.2, -0.15) is 13.2 Å². The van der Waals surface area contributed by atoms with Crippen LogP contribution in [0, 0.1) is 10.1 Å². The van der Waals surface area contributed by atoms with Crippen LogP contribution in [0.1, 0.15) is 11.3 Å². The van der Waals surface area contributed by atoms with Crippen LogP contribution in [0.3, 0.4) is 0 Å². The molecule has 3 aromatic carbocycles. The predicted molar refractivity (Wildman–Crippen MR) is 134 cm³/mol. The van der Waals surface area contributed by atoms with Crippen LogP contribution in [-0.2, 0) is 22.3 Å². The fraction of sp³-hybridized carbons (Fsp3) is 0.154. The quantitative estimate of drug-likeness (QED) is 0.118. The average Bonchev–Trinajstić information content (AvgIpc) is 3.33. The molecule has 0 radical (unpaired) electrons. The van der Waals surface area contributed by atoms with Crippen molar-refractivity contribution in [3.8, 4) is 5.75 Å². The normalized spacial score (nSPS) is 11.2. The number of para-hydroxylation sites is 1. The number of alkyl halides is 3. The summed E-state index contributed by atoms with van der Waals surface area (Å²) in [4.78, 5) is 33.8. The van der Waals surface area contributed by atoms with Crippen molar-refractivity contribution in [3.63, 3.8) is 0 Å². The predicted octanol–water partition coefficient (Wildman–Crippen LogP) is 4.91. The second kappa shape index (κ2) is 11.5. The second-order valence-corrected chi connectivity index (χ2v) is 8.17. The summed E-state index contributed by atoms with van der Waals surface area (Å²) in [6.45, 7) is 0.141. The summed E-state index contributed by atoms with van der Waals surface area (Å²) in [6, 6.07) is 17.9. The number of nitro benzene ring substituents is 1. The van der Waals surface area contributed by atoms with E-state index in [1.807, 2.05) is 18.2 Å². The molecule has 202 valence electrons. The fourth-order valence-corrected chi connectivity index (χ4v) is 3.59. The number of benzene rings is 3. The molecule has 4 rings (SSSR count). The van der Waals surface area contributed by atoms with E-state index in [4.69, 9.17) is 9.15 Å². The topological polar surface area (TPSA) is 136 Å². The number of amides is 2. The maximum absolute atomic E-state index is 13.2. The van der Waals surface area contributed by atoms with Crippen LogP contribution in [0.15, 0.2) is 77.2 Å². The molecular formula is C26H21F3N4O6. The Balaban J connectivity index is 1.21. The van der Waals surface area contributed by atoms with Crippen molar-refractivity contribution < 1.29 is 36.8 Å². The molecule has 0 unspecified atom stereocenters. The molecule has 0 spiro atoms. The summed E-state index contributed by atoms with van der Waals surface area (Å²) < 4.78 is 50.6. The van der Waals surface area contributed by atoms with Crippen LogP contribution in [0.4, 0.5) is 30.2 Å². The lowest BCUT2D eigenvalue weighted by atomic mass is 10.1. The van der Waals surface area contributed by atoms with Gasteiger partial charge in [-0.15, -0.1) is 0 Å². The number of carbonyl (C=O) groups is 2. The van der Waals surface area contributed by atoms with Crippen molar-refractivity contribution in [1.29, 1.82) is 0 Å². The summed E-state index contributed by atoms with van der Waals surface area (Å²) >= 11 is 0. The molecule has 1 aromatic heterocycles. The van der Waals surface area contributed by atoms with Crippen LogP contribution in [-0.4, -0.2) is 29.9 Å². The highest BCUT2D eigenvalue weighted by Crippen LogP contribution is 2.38. The number of nitrogens with zero attached hydrogens (tertiary/aromatic N) is 1. The number of carbonyl (C=O) groups excluding carboxylic acids is 2. The van der Waals surface area contributed by atoms with Crippen LogP contribution in [0.25, 0.3) is 11.0 Å². The number of fused-ring (bicyclic) bond motifs is 1. The van der Waals surface area contributed by atoms with Crippen molar-refractivity contribution >= 4 is 39.8 Å². The first-order valence-corrected chi connectivity index (χ1v) is 11.5. The van der Waals surface area contributed by atoms with E-state index in [0.29, 0.717) is 28.8 Å². The largest absolute Gasteiger partial charge is 0.492 e. The van der Waals surface area contributed by atoms with E-state index >= 15 is 0 Å². The molecule has 0 saturated carbocycles. The van der Waals surface area contributed by atoms with Gasteiger partial charge in [0.15, 0.2) is 0 Å². The SMILES string of the molecule is O=C(NCCOc1ccc(Nc2ccc([N+](=O)[O-])c(C(F)(F)F)c2)cc1)C(=O)NCc1cc2ccccc2o1. The highest BCUT2D eigenvalue weighted by molar-refractivity contribution is 6.35. The average molecular weight is 542 g/mol. The zero-order chi connectivity index (χ0) is 28.0. The molecule has 39 heavy (non-hydrogen) atoms. The van der Waals surface area contributed by atoms with Gasteiger partial charge in [0.25, 0.3) is 5.69 Å². The Labute approximate surface area is 218 Å². The first kappa shape index (κ1) is 27.0. The number of ether oxygens (including phenoxy) is 1. The van der Waals surface area contributed by atoms with E-state index in [0.717, 1.165) is 11.5 Å². The summed E-state index contributed by atoms with van der Waals surface area (Å²) in [5.41, 5.74) is -1.29. The molecule has 0 bridgehead atoms. The second-order valence-electron chi connectivity index (χ2n) is 8.17. The van der Waals surface area contributed by atoms with E-state index in [1.165, 1.54) is 18.2 Å². The molecule has 10 nitrogen and oxygen atoms in total. The van der Waals surface area contributed by atoms with Crippen LogP contribution < -0.4 is 20.7 Å². The number of halogens is 3. The minimum absolute atomic E-state index is 0.0166. The minimum Gasteiger partial charge on any atom is -0.492 e.